The zero-order valence-corrected chi connectivity index (χ0v) is 10.9. The van der Waals surface area contributed by atoms with E-state index in [0.29, 0.717) is 6.42 Å². The molecular weight excluding hydrogens is 231 g/mol. The molecule has 100 valence electrons. The summed E-state index contributed by atoms with van der Waals surface area (Å²) in [5.41, 5.74) is 1.10. The van der Waals surface area contributed by atoms with Gasteiger partial charge >= 0.3 is 0 Å². The predicted molar refractivity (Wildman–Crippen MR) is 70.8 cm³/mol. The molecule has 1 saturated heterocycles. The highest BCUT2D eigenvalue weighted by Crippen LogP contribution is 2.31. The van der Waals surface area contributed by atoms with Gasteiger partial charge in [-0.25, -0.2) is 0 Å². The number of alkyl halides is 1. The SMILES string of the molecule is COc1ccccc1[C@@H](CCF)N1CCNCC1. The standard InChI is InChI=1S/C14H21FN2O/c1-18-14-5-3-2-4-12(14)13(6-7-15)17-10-8-16-9-11-17/h2-5,13,16H,6-11H2,1H3/t13-/m1/s1. The zero-order chi connectivity index (χ0) is 12.8. The first kappa shape index (κ1) is 13.3. The zero-order valence-electron chi connectivity index (χ0n) is 10.9. The van der Waals surface area contributed by atoms with Crippen molar-refractivity contribution < 1.29 is 9.13 Å². The molecule has 4 heteroatoms. The van der Waals surface area contributed by atoms with Gasteiger partial charge < -0.3 is 10.1 Å². The van der Waals surface area contributed by atoms with Crippen molar-refractivity contribution in [3.05, 3.63) is 29.8 Å². The molecular formula is C14H21FN2O. The van der Waals surface area contributed by atoms with Crippen molar-refractivity contribution >= 4 is 0 Å². The van der Waals surface area contributed by atoms with Gasteiger partial charge in [-0.05, 0) is 12.5 Å². The Hall–Kier alpha value is -1.13. The largest absolute Gasteiger partial charge is 0.496 e. The molecule has 0 radical (unpaired) electrons. The van der Waals surface area contributed by atoms with Gasteiger partial charge in [-0.2, -0.15) is 0 Å². The fourth-order valence-electron chi connectivity index (χ4n) is 2.57. The van der Waals surface area contributed by atoms with Gasteiger partial charge in [0, 0.05) is 37.8 Å². The highest BCUT2D eigenvalue weighted by molar-refractivity contribution is 5.36. The molecule has 0 bridgehead atoms. The average Bonchev–Trinajstić information content (AvgIpc) is 2.46. The van der Waals surface area contributed by atoms with Crippen LogP contribution in [0.3, 0.4) is 0 Å². The van der Waals surface area contributed by atoms with E-state index in [1.165, 1.54) is 0 Å². The number of methoxy groups -OCH3 is 1. The Balaban J connectivity index is 2.22. The minimum absolute atomic E-state index is 0.119. The molecule has 0 aliphatic carbocycles. The Bertz CT molecular complexity index is 367. The van der Waals surface area contributed by atoms with Gasteiger partial charge in [-0.1, -0.05) is 18.2 Å². The van der Waals surface area contributed by atoms with Crippen molar-refractivity contribution in [3.63, 3.8) is 0 Å². The first-order chi connectivity index (χ1) is 8.86. The maximum atomic E-state index is 12.8. The third-order valence-electron chi connectivity index (χ3n) is 3.47. The highest BCUT2D eigenvalue weighted by Gasteiger charge is 2.24. The summed E-state index contributed by atoms with van der Waals surface area (Å²) in [6, 6.07) is 8.05. The molecule has 0 spiro atoms. The maximum Gasteiger partial charge on any atom is 0.123 e. The lowest BCUT2D eigenvalue weighted by Gasteiger charge is -2.35. The maximum absolute atomic E-state index is 12.8. The molecule has 0 amide bonds. The Morgan fingerprint density at radius 1 is 1.33 bits per heavy atom. The molecule has 0 aromatic heterocycles. The van der Waals surface area contributed by atoms with E-state index in [2.05, 4.69) is 10.2 Å². The van der Waals surface area contributed by atoms with Crippen molar-refractivity contribution in [1.82, 2.24) is 10.2 Å². The molecule has 1 heterocycles. The number of rotatable bonds is 5. The van der Waals surface area contributed by atoms with Gasteiger partial charge in [0.25, 0.3) is 0 Å². The van der Waals surface area contributed by atoms with E-state index in [4.69, 9.17) is 4.74 Å². The fourth-order valence-corrected chi connectivity index (χ4v) is 2.57. The molecule has 1 aliphatic heterocycles. The van der Waals surface area contributed by atoms with Gasteiger partial charge in [-0.15, -0.1) is 0 Å². The van der Waals surface area contributed by atoms with E-state index in [1.54, 1.807) is 7.11 Å². The lowest BCUT2D eigenvalue weighted by Crippen LogP contribution is -2.45. The smallest absolute Gasteiger partial charge is 0.123 e. The second-order valence-corrected chi connectivity index (χ2v) is 4.52. The Kier molecular flexibility index (Phi) is 4.96. The topological polar surface area (TPSA) is 24.5 Å². The molecule has 3 nitrogen and oxygen atoms in total. The van der Waals surface area contributed by atoms with Gasteiger partial charge in [0.05, 0.1) is 13.8 Å². The van der Waals surface area contributed by atoms with E-state index < -0.39 is 0 Å². The van der Waals surface area contributed by atoms with E-state index in [0.717, 1.165) is 37.5 Å². The van der Waals surface area contributed by atoms with E-state index in [1.807, 2.05) is 24.3 Å². The second kappa shape index (κ2) is 6.71. The summed E-state index contributed by atoms with van der Waals surface area (Å²) < 4.78 is 18.2. The number of halogens is 1. The van der Waals surface area contributed by atoms with Gasteiger partial charge in [0.15, 0.2) is 0 Å². The van der Waals surface area contributed by atoms with Crippen molar-refractivity contribution in [2.45, 2.75) is 12.5 Å². The van der Waals surface area contributed by atoms with Crippen molar-refractivity contribution in [2.24, 2.45) is 0 Å². The summed E-state index contributed by atoms with van der Waals surface area (Å²) in [5.74, 6) is 0.856. The molecule has 1 atom stereocenters. The van der Waals surface area contributed by atoms with Crippen LogP contribution in [-0.2, 0) is 0 Å². The fraction of sp³-hybridized carbons (Fsp3) is 0.571. The summed E-state index contributed by atoms with van der Waals surface area (Å²) in [7, 11) is 1.67. The average molecular weight is 252 g/mol. The number of piperazine rings is 1. The van der Waals surface area contributed by atoms with Crippen molar-refractivity contribution in [1.29, 1.82) is 0 Å². The lowest BCUT2D eigenvalue weighted by molar-refractivity contribution is 0.155. The number of benzene rings is 1. The van der Waals surface area contributed by atoms with Crippen LogP contribution in [0, 0.1) is 0 Å². The van der Waals surface area contributed by atoms with E-state index in [-0.39, 0.29) is 12.7 Å². The van der Waals surface area contributed by atoms with Crippen LogP contribution < -0.4 is 10.1 Å². The lowest BCUT2D eigenvalue weighted by atomic mass is 10.0. The van der Waals surface area contributed by atoms with Crippen LogP contribution in [0.2, 0.25) is 0 Å². The number of hydrogen-bond donors (Lipinski definition) is 1. The molecule has 2 rings (SSSR count). The van der Waals surface area contributed by atoms with Crippen molar-refractivity contribution in [3.8, 4) is 5.75 Å². The molecule has 1 aromatic rings. The first-order valence-electron chi connectivity index (χ1n) is 6.50. The van der Waals surface area contributed by atoms with Crippen LogP contribution in [0.25, 0.3) is 0 Å². The molecule has 1 N–H and O–H groups in total. The number of ether oxygens (including phenoxy) is 1. The number of hydrogen-bond acceptors (Lipinski definition) is 3. The van der Waals surface area contributed by atoms with Crippen LogP contribution in [0.4, 0.5) is 4.39 Å². The highest BCUT2D eigenvalue weighted by atomic mass is 19.1. The Morgan fingerprint density at radius 2 is 2.06 bits per heavy atom. The second-order valence-electron chi connectivity index (χ2n) is 4.52. The number of nitrogens with one attached hydrogen (secondary N) is 1. The van der Waals surface area contributed by atoms with Crippen LogP contribution in [0.5, 0.6) is 5.75 Å². The molecule has 0 unspecified atom stereocenters. The van der Waals surface area contributed by atoms with Crippen LogP contribution >= 0.6 is 0 Å². The molecule has 1 aromatic carbocycles. The molecule has 1 aliphatic rings. The van der Waals surface area contributed by atoms with Gasteiger partial charge in [0.2, 0.25) is 0 Å². The monoisotopic (exact) mass is 252 g/mol. The van der Waals surface area contributed by atoms with E-state index >= 15 is 0 Å². The summed E-state index contributed by atoms with van der Waals surface area (Å²) in [5, 5.41) is 3.33. The summed E-state index contributed by atoms with van der Waals surface area (Å²) in [6.07, 6.45) is 0.528. The molecule has 18 heavy (non-hydrogen) atoms. The van der Waals surface area contributed by atoms with Gasteiger partial charge in [0.1, 0.15) is 5.75 Å². The van der Waals surface area contributed by atoms with E-state index in [9.17, 15) is 4.39 Å². The summed E-state index contributed by atoms with van der Waals surface area (Å²) in [4.78, 5) is 2.34. The molecule has 1 fully saturated rings. The minimum Gasteiger partial charge on any atom is -0.496 e. The molecule has 0 saturated carbocycles. The number of nitrogens with zero attached hydrogens (tertiary/aromatic N) is 1. The van der Waals surface area contributed by atoms with Crippen LogP contribution in [-0.4, -0.2) is 44.9 Å². The van der Waals surface area contributed by atoms with Crippen LogP contribution in [0.15, 0.2) is 24.3 Å². The number of para-hydroxylation sites is 1. The van der Waals surface area contributed by atoms with Crippen molar-refractivity contribution in [2.75, 3.05) is 40.0 Å². The summed E-state index contributed by atoms with van der Waals surface area (Å²) >= 11 is 0. The predicted octanol–water partition coefficient (Wildman–Crippen LogP) is 2.00. The third kappa shape index (κ3) is 3.00. The normalized spacial score (nSPS) is 18.6. The summed E-state index contributed by atoms with van der Waals surface area (Å²) in [6.45, 7) is 3.56. The first-order valence-corrected chi connectivity index (χ1v) is 6.50. The Morgan fingerprint density at radius 3 is 2.72 bits per heavy atom. The Labute approximate surface area is 108 Å². The minimum atomic E-state index is -0.299. The van der Waals surface area contributed by atoms with Crippen LogP contribution in [0.1, 0.15) is 18.0 Å². The third-order valence-corrected chi connectivity index (χ3v) is 3.47. The van der Waals surface area contributed by atoms with Gasteiger partial charge in [-0.3, -0.25) is 9.29 Å². The quantitative estimate of drug-likeness (QED) is 0.867.